The van der Waals surface area contributed by atoms with Gasteiger partial charge in [0.1, 0.15) is 0 Å². The molecule has 0 atom stereocenters. The minimum Gasteiger partial charge on any atom is -1.00 e. The Balaban J connectivity index is 0. The number of rotatable bonds is 3. The van der Waals surface area contributed by atoms with Crippen molar-refractivity contribution in [3.05, 3.63) is 91.0 Å². The molecule has 1 nitrogen and oxygen atoms in total. The molecule has 0 radical (unpaired) electrons. The van der Waals surface area contributed by atoms with E-state index in [0.29, 0.717) is 0 Å². The van der Waals surface area contributed by atoms with E-state index in [1.807, 2.05) is 91.0 Å². The van der Waals surface area contributed by atoms with Gasteiger partial charge in [-0.15, -0.1) is 12.4 Å². The summed E-state index contributed by atoms with van der Waals surface area (Å²) in [6, 6.07) is 30.0. The summed E-state index contributed by atoms with van der Waals surface area (Å²) in [5, 5.41) is 3.03. The first-order valence-corrected chi connectivity index (χ1v) is 8.65. The summed E-state index contributed by atoms with van der Waals surface area (Å²) in [4.78, 5) is 11.6. The van der Waals surface area contributed by atoms with E-state index in [-0.39, 0.29) is 38.3 Å². The number of hydrogen-bond acceptors (Lipinski definition) is 1. The van der Waals surface area contributed by atoms with Crippen molar-refractivity contribution in [2.75, 3.05) is 0 Å². The maximum absolute atomic E-state index is 11.6. The van der Waals surface area contributed by atoms with Crippen molar-refractivity contribution in [1.29, 1.82) is 0 Å². The molecule has 0 saturated carbocycles. The second kappa shape index (κ2) is 8.51. The smallest absolute Gasteiger partial charge is 1.00 e. The molecule has 0 aliphatic heterocycles. The predicted molar refractivity (Wildman–Crippen MR) is 101 cm³/mol. The van der Waals surface area contributed by atoms with Crippen LogP contribution in [0.2, 0.25) is 0 Å². The first-order chi connectivity index (χ1) is 9.82. The third kappa shape index (κ3) is 3.62. The summed E-state index contributed by atoms with van der Waals surface area (Å²) in [5.41, 5.74) is 0. The van der Waals surface area contributed by atoms with Crippen LogP contribution >= 0.6 is 12.4 Å². The van der Waals surface area contributed by atoms with Gasteiger partial charge in [-0.1, -0.05) is 91.0 Å². The molecule has 0 heterocycles. The van der Waals surface area contributed by atoms with E-state index in [0.717, 1.165) is 15.6 Å². The van der Waals surface area contributed by atoms with Crippen molar-refractivity contribution >= 4 is 59.3 Å². The standard InChI is InChI=1S/C18H16OSi.ClH.Mg.2H/c19-20(16-10-4-1-5-11-16,17-12-6-2-7-13-17)18-14-8-3-9-15-18;;;;/h1-15,19H;1H;;;/q;;+2;2*-1. The third-order valence-electron chi connectivity index (χ3n) is 3.57. The largest absolute Gasteiger partial charge is 2.00 e. The van der Waals surface area contributed by atoms with Gasteiger partial charge < -0.3 is 7.65 Å². The van der Waals surface area contributed by atoms with Gasteiger partial charge in [-0.2, -0.15) is 0 Å². The minimum absolute atomic E-state index is 0. The van der Waals surface area contributed by atoms with Crippen molar-refractivity contribution in [3.8, 4) is 0 Å². The van der Waals surface area contributed by atoms with Crippen LogP contribution in [-0.4, -0.2) is 36.2 Å². The summed E-state index contributed by atoms with van der Waals surface area (Å²) >= 11 is 0. The maximum Gasteiger partial charge on any atom is 2.00 e. The van der Waals surface area contributed by atoms with E-state index in [9.17, 15) is 4.80 Å². The van der Waals surface area contributed by atoms with Crippen molar-refractivity contribution in [1.82, 2.24) is 0 Å². The summed E-state index contributed by atoms with van der Waals surface area (Å²) in [6.45, 7) is 0. The molecule has 3 aromatic rings. The zero-order valence-electron chi connectivity index (χ0n) is 14.2. The quantitative estimate of drug-likeness (QED) is 0.571. The van der Waals surface area contributed by atoms with E-state index >= 15 is 0 Å². The Morgan fingerprint density at radius 2 is 0.773 bits per heavy atom. The summed E-state index contributed by atoms with van der Waals surface area (Å²) < 4.78 is 0. The van der Waals surface area contributed by atoms with Gasteiger partial charge in [0.25, 0.3) is 8.32 Å². The molecule has 0 bridgehead atoms. The van der Waals surface area contributed by atoms with Crippen LogP contribution in [0.5, 0.6) is 0 Å². The first kappa shape index (κ1) is 18.9. The third-order valence-corrected chi connectivity index (χ3v) is 7.08. The Bertz CT molecular complexity index is 590. The second-order valence-electron chi connectivity index (χ2n) is 4.81. The van der Waals surface area contributed by atoms with Gasteiger partial charge in [0.15, 0.2) is 0 Å². The van der Waals surface area contributed by atoms with Crippen LogP contribution in [0, 0.1) is 0 Å². The molecule has 0 fully saturated rings. The molecule has 0 aliphatic rings. The SMILES string of the molecule is Cl.O[Si](c1ccccc1)(c1ccccc1)c1ccccc1.[H-].[H-].[Mg+2]. The molecular formula is C18H19ClMgOSi. The topological polar surface area (TPSA) is 20.2 Å². The van der Waals surface area contributed by atoms with E-state index < -0.39 is 8.32 Å². The van der Waals surface area contributed by atoms with Gasteiger partial charge in [-0.05, 0) is 15.6 Å². The Morgan fingerprint density at radius 3 is 1.00 bits per heavy atom. The van der Waals surface area contributed by atoms with Crippen molar-refractivity contribution in [2.45, 2.75) is 0 Å². The van der Waals surface area contributed by atoms with Gasteiger partial charge in [-0.25, -0.2) is 0 Å². The van der Waals surface area contributed by atoms with Gasteiger partial charge in [0, 0.05) is 0 Å². The van der Waals surface area contributed by atoms with Gasteiger partial charge in [-0.3, -0.25) is 0 Å². The van der Waals surface area contributed by atoms with Crippen LogP contribution < -0.4 is 15.6 Å². The minimum atomic E-state index is -2.88. The van der Waals surface area contributed by atoms with Gasteiger partial charge >= 0.3 is 23.1 Å². The fourth-order valence-corrected chi connectivity index (χ4v) is 5.56. The summed E-state index contributed by atoms with van der Waals surface area (Å²) in [5.74, 6) is 0. The Labute approximate surface area is 157 Å². The van der Waals surface area contributed by atoms with Crippen molar-refractivity contribution in [2.24, 2.45) is 0 Å². The number of hydrogen-bond donors (Lipinski definition) is 1. The zero-order chi connectivity index (χ0) is 13.8. The molecule has 0 aliphatic carbocycles. The molecule has 3 rings (SSSR count). The van der Waals surface area contributed by atoms with E-state index in [1.165, 1.54) is 0 Å². The van der Waals surface area contributed by atoms with Crippen LogP contribution in [0.3, 0.4) is 0 Å². The average molecular weight is 339 g/mol. The molecule has 1 N–H and O–H groups in total. The number of benzene rings is 3. The van der Waals surface area contributed by atoms with Gasteiger partial charge in [0.2, 0.25) is 0 Å². The fourth-order valence-electron chi connectivity index (χ4n) is 2.54. The molecule has 0 aromatic heterocycles. The molecular weight excluding hydrogens is 320 g/mol. The number of halogens is 1. The average Bonchev–Trinajstić information content (AvgIpc) is 2.56. The zero-order valence-corrected chi connectivity index (χ0v) is 15.5. The molecule has 4 heteroatoms. The Morgan fingerprint density at radius 1 is 0.545 bits per heavy atom. The molecule has 3 aromatic carbocycles. The molecule has 110 valence electrons. The van der Waals surface area contributed by atoms with E-state index in [1.54, 1.807) is 0 Å². The summed E-state index contributed by atoms with van der Waals surface area (Å²) in [6.07, 6.45) is 0. The van der Waals surface area contributed by atoms with Crippen LogP contribution in [0.4, 0.5) is 0 Å². The Hall–Kier alpha value is -1.11. The van der Waals surface area contributed by atoms with Crippen LogP contribution in [0.25, 0.3) is 0 Å². The van der Waals surface area contributed by atoms with Crippen LogP contribution in [0.15, 0.2) is 91.0 Å². The van der Waals surface area contributed by atoms with Crippen molar-refractivity contribution < 1.29 is 7.65 Å². The van der Waals surface area contributed by atoms with Crippen LogP contribution in [-0.2, 0) is 0 Å². The molecule has 0 spiro atoms. The fraction of sp³-hybridized carbons (Fsp3) is 0. The van der Waals surface area contributed by atoms with E-state index in [2.05, 4.69) is 0 Å². The van der Waals surface area contributed by atoms with Crippen molar-refractivity contribution in [3.63, 3.8) is 0 Å². The monoisotopic (exact) mass is 338 g/mol. The van der Waals surface area contributed by atoms with Gasteiger partial charge in [0.05, 0.1) is 0 Å². The normalized spacial score (nSPS) is 10.2. The molecule has 0 unspecified atom stereocenters. The molecule has 22 heavy (non-hydrogen) atoms. The molecule has 0 saturated heterocycles. The second-order valence-corrected chi connectivity index (χ2v) is 7.96. The maximum atomic E-state index is 11.6. The van der Waals surface area contributed by atoms with Crippen LogP contribution in [0.1, 0.15) is 2.85 Å². The predicted octanol–water partition coefficient (Wildman–Crippen LogP) is 1.91. The summed E-state index contributed by atoms with van der Waals surface area (Å²) in [7, 11) is -2.88. The van der Waals surface area contributed by atoms with E-state index in [4.69, 9.17) is 0 Å². The Kier molecular flexibility index (Phi) is 7.32. The first-order valence-electron chi connectivity index (χ1n) is 6.71. The molecule has 0 amide bonds.